The molecule has 98 valence electrons. The first-order valence-electron chi connectivity index (χ1n) is 5.21. The van der Waals surface area contributed by atoms with Crippen LogP contribution in [-0.2, 0) is 11.3 Å². The number of nitrogens with two attached hydrogens (primary N) is 2. The standard InChI is InChI=1S/C11H16N4O3/c1-18-9-4-7(2-3-8(9)16)5-14-10(17)6-15-11(12)13/h2-4,16H,5-6H2,1H3,(H,14,17)(H4,12,13,15). The number of hydrogen-bond donors (Lipinski definition) is 4. The maximum absolute atomic E-state index is 11.3. The Balaban J connectivity index is 2.53. The van der Waals surface area contributed by atoms with Crippen LogP contribution in [0.25, 0.3) is 0 Å². The van der Waals surface area contributed by atoms with Gasteiger partial charge in [-0.25, -0.2) is 4.99 Å². The minimum Gasteiger partial charge on any atom is -0.504 e. The largest absolute Gasteiger partial charge is 0.504 e. The van der Waals surface area contributed by atoms with Crippen molar-refractivity contribution in [2.24, 2.45) is 16.5 Å². The van der Waals surface area contributed by atoms with Crippen molar-refractivity contribution in [1.29, 1.82) is 0 Å². The van der Waals surface area contributed by atoms with Crippen molar-refractivity contribution in [3.63, 3.8) is 0 Å². The predicted octanol–water partition coefficient (Wildman–Crippen LogP) is -0.710. The minimum absolute atomic E-state index is 0.0491. The van der Waals surface area contributed by atoms with Gasteiger partial charge < -0.3 is 26.6 Å². The number of phenols is 1. The molecule has 0 fully saturated rings. The third-order valence-corrected chi connectivity index (χ3v) is 2.14. The molecule has 0 bridgehead atoms. The first-order chi connectivity index (χ1) is 8.52. The van der Waals surface area contributed by atoms with Crippen molar-refractivity contribution in [2.45, 2.75) is 6.54 Å². The van der Waals surface area contributed by atoms with Gasteiger partial charge in [0.1, 0.15) is 6.54 Å². The number of phenolic OH excluding ortho intramolecular Hbond substituents is 1. The zero-order valence-corrected chi connectivity index (χ0v) is 10.0. The van der Waals surface area contributed by atoms with Gasteiger partial charge in [-0.05, 0) is 17.7 Å². The van der Waals surface area contributed by atoms with Crippen molar-refractivity contribution in [3.8, 4) is 11.5 Å². The molecule has 0 unspecified atom stereocenters. The van der Waals surface area contributed by atoms with Crippen LogP contribution >= 0.6 is 0 Å². The summed E-state index contributed by atoms with van der Waals surface area (Å²) in [6.07, 6.45) is 0. The molecule has 0 radical (unpaired) electrons. The molecular formula is C11H16N4O3. The highest BCUT2D eigenvalue weighted by atomic mass is 16.5. The van der Waals surface area contributed by atoms with Gasteiger partial charge in [0.25, 0.3) is 0 Å². The molecule has 6 N–H and O–H groups in total. The molecule has 7 nitrogen and oxygen atoms in total. The molecule has 0 spiro atoms. The summed E-state index contributed by atoms with van der Waals surface area (Å²) in [5, 5.41) is 12.0. The van der Waals surface area contributed by atoms with Crippen LogP contribution < -0.4 is 21.5 Å². The number of nitrogens with zero attached hydrogens (tertiary/aromatic N) is 1. The lowest BCUT2D eigenvalue weighted by atomic mass is 10.2. The molecule has 0 aromatic heterocycles. The molecule has 0 atom stereocenters. The van der Waals surface area contributed by atoms with Crippen LogP contribution in [0.15, 0.2) is 23.2 Å². The van der Waals surface area contributed by atoms with Crippen molar-refractivity contribution >= 4 is 11.9 Å². The van der Waals surface area contributed by atoms with E-state index in [1.54, 1.807) is 12.1 Å². The van der Waals surface area contributed by atoms with Gasteiger partial charge in [-0.2, -0.15) is 0 Å². The normalized spacial score (nSPS) is 9.61. The highest BCUT2D eigenvalue weighted by molar-refractivity contribution is 5.83. The molecule has 18 heavy (non-hydrogen) atoms. The number of rotatable bonds is 5. The van der Waals surface area contributed by atoms with Gasteiger partial charge in [0.05, 0.1) is 7.11 Å². The zero-order chi connectivity index (χ0) is 13.5. The summed E-state index contributed by atoms with van der Waals surface area (Å²) in [4.78, 5) is 14.9. The van der Waals surface area contributed by atoms with E-state index in [4.69, 9.17) is 16.2 Å². The average molecular weight is 252 g/mol. The maximum atomic E-state index is 11.3. The molecule has 0 aliphatic carbocycles. The second-order valence-corrected chi connectivity index (χ2v) is 3.52. The van der Waals surface area contributed by atoms with Gasteiger partial charge in [-0.3, -0.25) is 4.79 Å². The van der Waals surface area contributed by atoms with E-state index in [1.807, 2.05) is 0 Å². The van der Waals surface area contributed by atoms with Crippen LogP contribution in [0.3, 0.4) is 0 Å². The van der Waals surface area contributed by atoms with Crippen LogP contribution in [0.2, 0.25) is 0 Å². The first-order valence-corrected chi connectivity index (χ1v) is 5.21. The summed E-state index contributed by atoms with van der Waals surface area (Å²) >= 11 is 0. The quantitative estimate of drug-likeness (QED) is 0.407. The number of carbonyl (C=O) groups excluding carboxylic acids is 1. The van der Waals surface area contributed by atoms with Crippen molar-refractivity contribution in [3.05, 3.63) is 23.8 Å². The zero-order valence-electron chi connectivity index (χ0n) is 10.0. The van der Waals surface area contributed by atoms with E-state index in [1.165, 1.54) is 13.2 Å². The van der Waals surface area contributed by atoms with Crippen molar-refractivity contribution in [1.82, 2.24) is 5.32 Å². The summed E-state index contributed by atoms with van der Waals surface area (Å²) in [7, 11) is 1.45. The topological polar surface area (TPSA) is 123 Å². The van der Waals surface area contributed by atoms with Crippen LogP contribution in [0.5, 0.6) is 11.5 Å². The monoisotopic (exact) mass is 252 g/mol. The van der Waals surface area contributed by atoms with Gasteiger partial charge in [-0.1, -0.05) is 6.07 Å². The molecular weight excluding hydrogens is 236 g/mol. The van der Waals surface area contributed by atoms with Crippen molar-refractivity contribution in [2.75, 3.05) is 13.7 Å². The van der Waals surface area contributed by atoms with E-state index in [9.17, 15) is 9.90 Å². The summed E-state index contributed by atoms with van der Waals surface area (Å²) in [6, 6.07) is 4.81. The molecule has 1 aromatic carbocycles. The molecule has 0 aliphatic heterocycles. The second kappa shape index (κ2) is 6.33. The number of benzene rings is 1. The van der Waals surface area contributed by atoms with E-state index in [0.717, 1.165) is 5.56 Å². The molecule has 7 heteroatoms. The minimum atomic E-state index is -0.296. The number of guanidine groups is 1. The van der Waals surface area contributed by atoms with E-state index < -0.39 is 0 Å². The number of amides is 1. The Morgan fingerprint density at radius 3 is 2.83 bits per heavy atom. The number of carbonyl (C=O) groups is 1. The first kappa shape index (κ1) is 13.6. The number of hydrogen-bond acceptors (Lipinski definition) is 4. The van der Waals surface area contributed by atoms with Gasteiger partial charge in [0, 0.05) is 6.54 Å². The Morgan fingerprint density at radius 2 is 2.22 bits per heavy atom. The summed E-state index contributed by atoms with van der Waals surface area (Å²) in [5.74, 6) is -0.0223. The Labute approximate surface area is 104 Å². The molecule has 0 saturated heterocycles. The summed E-state index contributed by atoms with van der Waals surface area (Å²) in [6.45, 7) is 0.188. The number of aromatic hydroxyl groups is 1. The lowest BCUT2D eigenvalue weighted by molar-refractivity contribution is -0.119. The van der Waals surface area contributed by atoms with E-state index in [0.29, 0.717) is 12.3 Å². The van der Waals surface area contributed by atoms with Crippen molar-refractivity contribution < 1.29 is 14.6 Å². The van der Waals surface area contributed by atoms with Gasteiger partial charge in [-0.15, -0.1) is 0 Å². The highest BCUT2D eigenvalue weighted by Crippen LogP contribution is 2.25. The molecule has 1 aromatic rings. The fraction of sp³-hybridized carbons (Fsp3) is 0.273. The third-order valence-electron chi connectivity index (χ3n) is 2.14. The number of aliphatic imine (C=N–C) groups is 1. The molecule has 1 rings (SSSR count). The fourth-order valence-electron chi connectivity index (χ4n) is 1.25. The summed E-state index contributed by atoms with van der Waals surface area (Å²) in [5.41, 5.74) is 11.0. The van der Waals surface area contributed by atoms with Crippen LogP contribution in [0.4, 0.5) is 0 Å². The van der Waals surface area contributed by atoms with Crippen LogP contribution in [0, 0.1) is 0 Å². The number of ether oxygens (including phenoxy) is 1. The molecule has 0 aliphatic rings. The van der Waals surface area contributed by atoms with E-state index in [2.05, 4.69) is 10.3 Å². The Morgan fingerprint density at radius 1 is 1.50 bits per heavy atom. The average Bonchev–Trinajstić information content (AvgIpc) is 2.35. The fourth-order valence-corrected chi connectivity index (χ4v) is 1.25. The number of methoxy groups -OCH3 is 1. The Hall–Kier alpha value is -2.44. The predicted molar refractivity (Wildman–Crippen MR) is 67.2 cm³/mol. The third kappa shape index (κ3) is 4.20. The molecule has 1 amide bonds. The maximum Gasteiger partial charge on any atom is 0.242 e. The highest BCUT2D eigenvalue weighted by Gasteiger charge is 2.04. The second-order valence-electron chi connectivity index (χ2n) is 3.52. The van der Waals surface area contributed by atoms with E-state index >= 15 is 0 Å². The Bertz CT molecular complexity index is 456. The smallest absolute Gasteiger partial charge is 0.242 e. The van der Waals surface area contributed by atoms with Gasteiger partial charge in [0.2, 0.25) is 5.91 Å². The lowest BCUT2D eigenvalue weighted by Crippen LogP contribution is -2.29. The van der Waals surface area contributed by atoms with Gasteiger partial charge in [0.15, 0.2) is 17.5 Å². The molecule has 0 heterocycles. The summed E-state index contributed by atoms with van der Waals surface area (Å²) < 4.78 is 4.95. The van der Waals surface area contributed by atoms with Gasteiger partial charge >= 0.3 is 0 Å². The van der Waals surface area contributed by atoms with Crippen LogP contribution in [0.1, 0.15) is 5.56 Å². The van der Waals surface area contributed by atoms with Crippen LogP contribution in [-0.4, -0.2) is 30.6 Å². The Kier molecular flexibility index (Phi) is 4.79. The lowest BCUT2D eigenvalue weighted by Gasteiger charge is -2.07. The van der Waals surface area contributed by atoms with E-state index in [-0.39, 0.29) is 24.2 Å². The SMILES string of the molecule is COc1cc(CNC(=O)CN=C(N)N)ccc1O. The molecule has 0 saturated carbocycles. The number of nitrogens with one attached hydrogen (secondary N) is 1.